The smallest absolute Gasteiger partial charge is 0.0965 e. The highest BCUT2D eigenvalue weighted by Gasteiger charge is 2.05. The number of hydrogen-bond donors (Lipinski definition) is 1. The van der Waals surface area contributed by atoms with Crippen molar-refractivity contribution in [1.29, 1.82) is 0 Å². The zero-order chi connectivity index (χ0) is 9.80. The van der Waals surface area contributed by atoms with Crippen molar-refractivity contribution in [1.82, 2.24) is 10.3 Å². The number of amidine groups is 1. The van der Waals surface area contributed by atoms with Gasteiger partial charge in [0.15, 0.2) is 0 Å². The molecule has 0 aromatic carbocycles. The largest absolute Gasteiger partial charge is 0.369 e. The summed E-state index contributed by atoms with van der Waals surface area (Å²) < 4.78 is 0. The fourth-order valence-electron chi connectivity index (χ4n) is 1.52. The molecule has 0 unspecified atom stereocenters. The van der Waals surface area contributed by atoms with Gasteiger partial charge < -0.3 is 5.32 Å². The van der Waals surface area contributed by atoms with E-state index in [1.807, 2.05) is 13.1 Å². The Morgan fingerprint density at radius 2 is 2.43 bits per heavy atom. The van der Waals surface area contributed by atoms with Gasteiger partial charge in [-0.15, -0.1) is 11.3 Å². The highest BCUT2D eigenvalue weighted by molar-refractivity contribution is 7.11. The van der Waals surface area contributed by atoms with Gasteiger partial charge in [0.2, 0.25) is 0 Å². The Morgan fingerprint density at radius 1 is 1.50 bits per heavy atom. The normalized spacial score (nSPS) is 16.5. The lowest BCUT2D eigenvalue weighted by atomic mass is 10.2. The van der Waals surface area contributed by atoms with Crippen LogP contribution in [-0.2, 0) is 6.54 Å². The number of thiazole rings is 1. The van der Waals surface area contributed by atoms with E-state index < -0.39 is 0 Å². The number of rotatable bonds is 2. The average molecular weight is 209 g/mol. The van der Waals surface area contributed by atoms with Crippen molar-refractivity contribution >= 4 is 17.2 Å². The van der Waals surface area contributed by atoms with Gasteiger partial charge in [0.1, 0.15) is 0 Å². The number of hydrogen-bond acceptors (Lipinski definition) is 4. The van der Waals surface area contributed by atoms with Gasteiger partial charge in [-0.1, -0.05) is 0 Å². The molecule has 1 aliphatic heterocycles. The van der Waals surface area contributed by atoms with E-state index >= 15 is 0 Å². The molecule has 0 bridgehead atoms. The van der Waals surface area contributed by atoms with Crippen LogP contribution in [0.5, 0.6) is 0 Å². The average Bonchev–Trinajstić information content (AvgIpc) is 2.63. The van der Waals surface area contributed by atoms with Crippen LogP contribution in [0.15, 0.2) is 11.2 Å². The first-order valence-electron chi connectivity index (χ1n) is 5.03. The molecular formula is C10H15N3S. The molecule has 0 aliphatic carbocycles. The molecule has 0 radical (unpaired) electrons. The van der Waals surface area contributed by atoms with E-state index in [2.05, 4.69) is 15.3 Å². The van der Waals surface area contributed by atoms with Gasteiger partial charge in [-0.05, 0) is 19.8 Å². The first-order valence-corrected chi connectivity index (χ1v) is 5.85. The molecular weight excluding hydrogens is 194 g/mol. The predicted molar refractivity (Wildman–Crippen MR) is 59.8 cm³/mol. The van der Waals surface area contributed by atoms with Gasteiger partial charge in [0.05, 0.1) is 17.4 Å². The van der Waals surface area contributed by atoms with Crippen LogP contribution >= 0.6 is 11.3 Å². The van der Waals surface area contributed by atoms with Gasteiger partial charge in [-0.25, -0.2) is 4.98 Å². The molecule has 0 saturated carbocycles. The van der Waals surface area contributed by atoms with Crippen LogP contribution in [0.1, 0.15) is 29.1 Å². The SMILES string of the molecule is Cc1ncc(CNC2=NCCCC2)s1. The molecule has 1 aromatic heterocycles. The fourth-order valence-corrected chi connectivity index (χ4v) is 2.25. The molecule has 0 amide bonds. The van der Waals surface area contributed by atoms with Gasteiger partial charge in [-0.3, -0.25) is 4.99 Å². The lowest BCUT2D eigenvalue weighted by Gasteiger charge is -2.12. The van der Waals surface area contributed by atoms with Crippen molar-refractivity contribution in [3.05, 3.63) is 16.1 Å². The molecule has 4 heteroatoms. The molecule has 0 spiro atoms. The predicted octanol–water partition coefficient (Wildman–Crippen LogP) is 2.12. The van der Waals surface area contributed by atoms with E-state index in [1.165, 1.54) is 23.6 Å². The summed E-state index contributed by atoms with van der Waals surface area (Å²) in [6.07, 6.45) is 5.56. The van der Waals surface area contributed by atoms with E-state index in [0.717, 1.165) is 24.5 Å². The maximum atomic E-state index is 4.44. The molecule has 0 saturated heterocycles. The lowest BCUT2D eigenvalue weighted by Crippen LogP contribution is -2.24. The van der Waals surface area contributed by atoms with E-state index in [-0.39, 0.29) is 0 Å². The lowest BCUT2D eigenvalue weighted by molar-refractivity contribution is 0.707. The van der Waals surface area contributed by atoms with Crippen LogP contribution in [0.25, 0.3) is 0 Å². The second kappa shape index (κ2) is 4.55. The van der Waals surface area contributed by atoms with Crippen molar-refractivity contribution in [3.8, 4) is 0 Å². The Bertz CT molecular complexity index is 330. The van der Waals surface area contributed by atoms with Gasteiger partial charge >= 0.3 is 0 Å². The molecule has 3 nitrogen and oxygen atoms in total. The molecule has 0 atom stereocenters. The summed E-state index contributed by atoms with van der Waals surface area (Å²) >= 11 is 1.75. The number of nitrogens with zero attached hydrogens (tertiary/aromatic N) is 2. The van der Waals surface area contributed by atoms with Crippen LogP contribution in [-0.4, -0.2) is 17.4 Å². The Hall–Kier alpha value is -0.900. The fraction of sp³-hybridized carbons (Fsp3) is 0.600. The standard InChI is InChI=1S/C10H15N3S/c1-8-12-6-9(14-8)7-13-10-4-2-3-5-11-10/h6H,2-5,7H2,1H3,(H,11,13). The second-order valence-corrected chi connectivity index (χ2v) is 4.80. The second-order valence-electron chi connectivity index (χ2n) is 3.48. The van der Waals surface area contributed by atoms with Crippen LogP contribution < -0.4 is 5.32 Å². The topological polar surface area (TPSA) is 37.3 Å². The maximum absolute atomic E-state index is 4.44. The number of aromatic nitrogens is 1. The third-order valence-electron chi connectivity index (χ3n) is 2.26. The molecule has 2 rings (SSSR count). The molecule has 1 aliphatic rings. The third-order valence-corrected chi connectivity index (χ3v) is 3.17. The third kappa shape index (κ3) is 2.54. The molecule has 1 N–H and O–H groups in total. The van der Waals surface area contributed by atoms with Gasteiger partial charge in [-0.2, -0.15) is 0 Å². The summed E-state index contributed by atoms with van der Waals surface area (Å²) in [5.41, 5.74) is 0. The number of aryl methyl sites for hydroxylation is 1. The highest BCUT2D eigenvalue weighted by Crippen LogP contribution is 2.11. The van der Waals surface area contributed by atoms with Crippen molar-refractivity contribution < 1.29 is 0 Å². The Morgan fingerprint density at radius 3 is 3.07 bits per heavy atom. The van der Waals surface area contributed by atoms with Crippen LogP contribution in [0.3, 0.4) is 0 Å². The summed E-state index contributed by atoms with van der Waals surface area (Å²) in [5.74, 6) is 1.17. The minimum atomic E-state index is 0.879. The molecule has 76 valence electrons. The van der Waals surface area contributed by atoms with E-state index in [0.29, 0.717) is 0 Å². The molecule has 14 heavy (non-hydrogen) atoms. The van der Waals surface area contributed by atoms with Gasteiger partial charge in [0, 0.05) is 24.0 Å². The summed E-state index contributed by atoms with van der Waals surface area (Å²) in [5, 5.41) is 4.50. The quantitative estimate of drug-likeness (QED) is 0.810. The van der Waals surface area contributed by atoms with E-state index in [9.17, 15) is 0 Å². The zero-order valence-corrected chi connectivity index (χ0v) is 9.23. The Labute approximate surface area is 88.3 Å². The number of nitrogens with one attached hydrogen (secondary N) is 1. The van der Waals surface area contributed by atoms with E-state index in [1.54, 1.807) is 11.3 Å². The van der Waals surface area contributed by atoms with Gasteiger partial charge in [0.25, 0.3) is 0 Å². The van der Waals surface area contributed by atoms with Crippen LogP contribution in [0, 0.1) is 6.92 Å². The van der Waals surface area contributed by atoms with Crippen LogP contribution in [0.2, 0.25) is 0 Å². The summed E-state index contributed by atoms with van der Waals surface area (Å²) in [6, 6.07) is 0. The zero-order valence-electron chi connectivity index (χ0n) is 8.42. The van der Waals surface area contributed by atoms with Crippen molar-refractivity contribution in [2.45, 2.75) is 32.7 Å². The van der Waals surface area contributed by atoms with Crippen LogP contribution in [0.4, 0.5) is 0 Å². The van der Waals surface area contributed by atoms with Crippen molar-refractivity contribution in [2.24, 2.45) is 4.99 Å². The van der Waals surface area contributed by atoms with Crippen molar-refractivity contribution in [2.75, 3.05) is 6.54 Å². The first kappa shape index (κ1) is 9.65. The van der Waals surface area contributed by atoms with Crippen molar-refractivity contribution in [3.63, 3.8) is 0 Å². The Kier molecular flexibility index (Phi) is 3.14. The summed E-state index contributed by atoms with van der Waals surface area (Å²) in [4.78, 5) is 9.95. The Balaban J connectivity index is 1.84. The molecule has 1 aromatic rings. The van der Waals surface area contributed by atoms with E-state index in [4.69, 9.17) is 0 Å². The monoisotopic (exact) mass is 209 g/mol. The minimum absolute atomic E-state index is 0.879. The highest BCUT2D eigenvalue weighted by atomic mass is 32.1. The minimum Gasteiger partial charge on any atom is -0.369 e. The summed E-state index contributed by atoms with van der Waals surface area (Å²) in [6.45, 7) is 3.90. The molecule has 2 heterocycles. The summed E-state index contributed by atoms with van der Waals surface area (Å²) in [7, 11) is 0. The number of aliphatic imine (C=N–C) groups is 1. The molecule has 0 fully saturated rings. The first-order chi connectivity index (χ1) is 6.84. The maximum Gasteiger partial charge on any atom is 0.0965 e.